The number of rotatable bonds is 3. The van der Waals surface area contributed by atoms with Gasteiger partial charge < -0.3 is 5.32 Å². The van der Waals surface area contributed by atoms with Crippen molar-refractivity contribution in [1.29, 1.82) is 5.26 Å². The number of nitriles is 1. The lowest BCUT2D eigenvalue weighted by Crippen LogP contribution is -2.39. The number of hydrogen-bond acceptors (Lipinski definition) is 4. The van der Waals surface area contributed by atoms with Gasteiger partial charge in [0.2, 0.25) is 0 Å². The van der Waals surface area contributed by atoms with Crippen LogP contribution in [0.3, 0.4) is 0 Å². The van der Waals surface area contributed by atoms with Gasteiger partial charge in [-0.05, 0) is 43.6 Å². The van der Waals surface area contributed by atoms with E-state index in [4.69, 9.17) is 5.26 Å². The van der Waals surface area contributed by atoms with E-state index in [2.05, 4.69) is 11.4 Å². The fourth-order valence-electron chi connectivity index (χ4n) is 2.68. The van der Waals surface area contributed by atoms with E-state index in [9.17, 15) is 8.42 Å². The van der Waals surface area contributed by atoms with Crippen LogP contribution >= 0.6 is 0 Å². The van der Waals surface area contributed by atoms with Crippen molar-refractivity contribution < 1.29 is 8.42 Å². The van der Waals surface area contributed by atoms with E-state index in [1.54, 1.807) is 18.2 Å². The second-order valence-corrected chi connectivity index (χ2v) is 7.18. The van der Waals surface area contributed by atoms with Gasteiger partial charge in [-0.15, -0.1) is 0 Å². The van der Waals surface area contributed by atoms with Gasteiger partial charge in [0.25, 0.3) is 0 Å². The predicted molar refractivity (Wildman–Crippen MR) is 73.6 cm³/mol. The molecule has 1 saturated heterocycles. The molecule has 1 heterocycles. The van der Waals surface area contributed by atoms with Crippen LogP contribution in [0, 0.1) is 11.3 Å². The lowest BCUT2D eigenvalue weighted by atomic mass is 9.71. The number of benzene rings is 1. The van der Waals surface area contributed by atoms with Crippen molar-refractivity contribution in [2.75, 3.05) is 19.3 Å². The highest BCUT2D eigenvalue weighted by atomic mass is 32.2. The quantitative estimate of drug-likeness (QED) is 0.912. The van der Waals surface area contributed by atoms with Gasteiger partial charge in [0.15, 0.2) is 9.84 Å². The Kier molecular flexibility index (Phi) is 3.93. The zero-order chi connectivity index (χ0) is 13.9. The molecular formula is C14H18N2O2S. The zero-order valence-electron chi connectivity index (χ0n) is 11.0. The first-order chi connectivity index (χ1) is 8.98. The summed E-state index contributed by atoms with van der Waals surface area (Å²) in [5.41, 5.74) is 0.763. The van der Waals surface area contributed by atoms with E-state index in [0.29, 0.717) is 11.3 Å². The largest absolute Gasteiger partial charge is 0.317 e. The maximum atomic E-state index is 11.7. The topological polar surface area (TPSA) is 70.0 Å². The third kappa shape index (κ3) is 2.96. The highest BCUT2D eigenvalue weighted by Crippen LogP contribution is 2.37. The molecule has 1 aliphatic rings. The van der Waals surface area contributed by atoms with Crippen molar-refractivity contribution in [3.8, 4) is 6.07 Å². The van der Waals surface area contributed by atoms with Crippen LogP contribution in [0.15, 0.2) is 29.2 Å². The van der Waals surface area contributed by atoms with E-state index in [1.165, 1.54) is 6.26 Å². The van der Waals surface area contributed by atoms with E-state index in [-0.39, 0.29) is 5.41 Å². The standard InChI is InChI=1S/C14H18N2O2S/c1-19(17,18)13-4-2-3-12(11-13)14(5-8-15)6-9-16-10-7-14/h2-4,11,16H,5-7,9-10H2,1H3. The Hall–Kier alpha value is -1.38. The molecule has 0 spiro atoms. The summed E-state index contributed by atoms with van der Waals surface area (Å²) in [6, 6.07) is 9.32. The van der Waals surface area contributed by atoms with Gasteiger partial charge in [-0.25, -0.2) is 8.42 Å². The molecule has 4 nitrogen and oxygen atoms in total. The molecule has 0 unspecified atom stereocenters. The van der Waals surface area contributed by atoms with Crippen LogP contribution < -0.4 is 5.32 Å². The number of sulfone groups is 1. The van der Waals surface area contributed by atoms with Gasteiger partial charge in [-0.1, -0.05) is 12.1 Å². The molecule has 0 aliphatic carbocycles. The van der Waals surface area contributed by atoms with E-state index < -0.39 is 9.84 Å². The van der Waals surface area contributed by atoms with Crippen molar-refractivity contribution in [2.45, 2.75) is 29.6 Å². The third-order valence-corrected chi connectivity index (χ3v) is 4.96. The summed E-state index contributed by atoms with van der Waals surface area (Å²) in [4.78, 5) is 0.334. The average molecular weight is 278 g/mol. The number of nitrogens with zero attached hydrogens (tertiary/aromatic N) is 1. The van der Waals surface area contributed by atoms with Crippen molar-refractivity contribution in [2.24, 2.45) is 0 Å². The van der Waals surface area contributed by atoms with E-state index >= 15 is 0 Å². The summed E-state index contributed by atoms with van der Waals surface area (Å²) in [5.74, 6) is 0. The highest BCUT2D eigenvalue weighted by molar-refractivity contribution is 7.90. The first-order valence-electron chi connectivity index (χ1n) is 6.36. The van der Waals surface area contributed by atoms with Gasteiger partial charge >= 0.3 is 0 Å². The Balaban J connectivity index is 2.46. The van der Waals surface area contributed by atoms with Gasteiger partial charge in [0.1, 0.15) is 0 Å². The molecule has 1 fully saturated rings. The number of nitrogens with one attached hydrogen (secondary N) is 1. The summed E-state index contributed by atoms with van der Waals surface area (Å²) in [5, 5.41) is 12.4. The summed E-state index contributed by atoms with van der Waals surface area (Å²) in [6.45, 7) is 1.73. The monoisotopic (exact) mass is 278 g/mol. The molecule has 1 aromatic carbocycles. The minimum absolute atomic E-state index is 0.208. The fourth-order valence-corrected chi connectivity index (χ4v) is 3.35. The van der Waals surface area contributed by atoms with Crippen LogP contribution in [0.2, 0.25) is 0 Å². The van der Waals surface area contributed by atoms with Crippen LogP contribution in [0.25, 0.3) is 0 Å². The minimum atomic E-state index is -3.20. The normalized spacial score (nSPS) is 18.7. The van der Waals surface area contributed by atoms with Crippen LogP contribution in [-0.2, 0) is 15.3 Å². The SMILES string of the molecule is CS(=O)(=O)c1cccc(C2(CC#N)CCNCC2)c1. The van der Waals surface area contributed by atoms with Gasteiger partial charge in [0, 0.05) is 18.1 Å². The fraction of sp³-hybridized carbons (Fsp3) is 0.500. The molecule has 1 aliphatic heterocycles. The molecule has 2 rings (SSSR count). The molecule has 1 aromatic rings. The molecule has 102 valence electrons. The molecule has 0 atom stereocenters. The maximum Gasteiger partial charge on any atom is 0.175 e. The molecule has 0 aromatic heterocycles. The van der Waals surface area contributed by atoms with Gasteiger partial charge in [0.05, 0.1) is 11.0 Å². The minimum Gasteiger partial charge on any atom is -0.317 e. The Morgan fingerprint density at radius 3 is 2.63 bits per heavy atom. The second-order valence-electron chi connectivity index (χ2n) is 5.17. The molecule has 1 N–H and O–H groups in total. The molecule has 0 saturated carbocycles. The van der Waals surface area contributed by atoms with Crippen LogP contribution in [-0.4, -0.2) is 27.8 Å². The van der Waals surface area contributed by atoms with Crippen molar-refractivity contribution in [1.82, 2.24) is 5.32 Å². The Morgan fingerprint density at radius 2 is 2.05 bits per heavy atom. The molecule has 5 heteroatoms. The number of piperidine rings is 1. The third-order valence-electron chi connectivity index (χ3n) is 3.85. The maximum absolute atomic E-state index is 11.7. The van der Waals surface area contributed by atoms with Crippen LogP contribution in [0.1, 0.15) is 24.8 Å². The summed E-state index contributed by atoms with van der Waals surface area (Å²) in [7, 11) is -3.20. The van der Waals surface area contributed by atoms with Gasteiger partial charge in [-0.2, -0.15) is 5.26 Å². The number of hydrogen-bond donors (Lipinski definition) is 1. The Labute approximate surface area is 114 Å². The molecule has 0 amide bonds. The van der Waals surface area contributed by atoms with Crippen molar-refractivity contribution in [3.05, 3.63) is 29.8 Å². The molecule has 19 heavy (non-hydrogen) atoms. The van der Waals surface area contributed by atoms with Gasteiger partial charge in [-0.3, -0.25) is 0 Å². The molecular weight excluding hydrogens is 260 g/mol. The lowest BCUT2D eigenvalue weighted by Gasteiger charge is -2.36. The second kappa shape index (κ2) is 5.32. The smallest absolute Gasteiger partial charge is 0.175 e. The zero-order valence-corrected chi connectivity index (χ0v) is 11.8. The Morgan fingerprint density at radius 1 is 1.37 bits per heavy atom. The Bertz CT molecular complexity index is 596. The van der Waals surface area contributed by atoms with E-state index in [1.807, 2.05) is 6.07 Å². The summed E-state index contributed by atoms with van der Waals surface area (Å²) in [6.07, 6.45) is 3.38. The van der Waals surface area contributed by atoms with Crippen molar-refractivity contribution >= 4 is 9.84 Å². The van der Waals surface area contributed by atoms with Crippen molar-refractivity contribution in [3.63, 3.8) is 0 Å². The van der Waals surface area contributed by atoms with Crippen LogP contribution in [0.4, 0.5) is 0 Å². The molecule has 0 radical (unpaired) electrons. The molecule has 0 bridgehead atoms. The van der Waals surface area contributed by atoms with Crippen LogP contribution in [0.5, 0.6) is 0 Å². The highest BCUT2D eigenvalue weighted by Gasteiger charge is 2.34. The summed E-state index contributed by atoms with van der Waals surface area (Å²) >= 11 is 0. The first-order valence-corrected chi connectivity index (χ1v) is 8.25. The first kappa shape index (κ1) is 14.0. The lowest BCUT2D eigenvalue weighted by molar-refractivity contribution is 0.312. The average Bonchev–Trinajstić information content (AvgIpc) is 2.39. The van der Waals surface area contributed by atoms with E-state index in [0.717, 1.165) is 31.5 Å². The predicted octanol–water partition coefficient (Wildman–Crippen LogP) is 1.62. The summed E-state index contributed by atoms with van der Waals surface area (Å²) < 4.78 is 23.3.